The molecule has 2 N–H and O–H groups in total. The number of pyridine rings is 1. The molecule has 0 bridgehead atoms. The van der Waals surface area contributed by atoms with E-state index < -0.39 is 22.9 Å². The summed E-state index contributed by atoms with van der Waals surface area (Å²) in [5, 5.41) is 0.489. The molecule has 1 atom stereocenters. The topological polar surface area (TPSA) is 104 Å². The zero-order valence-electron chi connectivity index (χ0n) is 20.0. The number of rotatable bonds is 4. The lowest BCUT2D eigenvalue weighted by Gasteiger charge is -2.36. The molecule has 3 aromatic rings. The number of carbonyl (C=O) groups is 2. The van der Waals surface area contributed by atoms with Gasteiger partial charge >= 0.3 is 5.97 Å². The average Bonchev–Trinajstić information content (AvgIpc) is 3.08. The fourth-order valence-electron chi connectivity index (χ4n) is 5.28. The van der Waals surface area contributed by atoms with Crippen molar-refractivity contribution in [2.45, 2.75) is 32.4 Å². The predicted octanol–water partition coefficient (Wildman–Crippen LogP) is 3.40. The van der Waals surface area contributed by atoms with Crippen molar-refractivity contribution in [3.63, 3.8) is 0 Å². The Bertz CT molecular complexity index is 1530. The number of aryl methyl sites for hydroxylation is 1. The van der Waals surface area contributed by atoms with E-state index in [1.807, 2.05) is 19.1 Å². The van der Waals surface area contributed by atoms with Crippen molar-refractivity contribution in [3.8, 4) is 5.75 Å². The van der Waals surface area contributed by atoms with E-state index in [0.717, 1.165) is 0 Å². The highest BCUT2D eigenvalue weighted by Crippen LogP contribution is 2.55. The summed E-state index contributed by atoms with van der Waals surface area (Å²) < 4.78 is 12.4. The molecule has 0 aliphatic carbocycles. The molecule has 2 aliphatic heterocycles. The summed E-state index contributed by atoms with van der Waals surface area (Å²) in [6.45, 7) is 4.08. The van der Waals surface area contributed by atoms with Crippen LogP contribution in [-0.2, 0) is 32.8 Å². The van der Waals surface area contributed by atoms with Crippen LogP contribution in [0.25, 0.3) is 0 Å². The van der Waals surface area contributed by atoms with Gasteiger partial charge in [0, 0.05) is 34.6 Å². The molecule has 184 valence electrons. The van der Waals surface area contributed by atoms with E-state index in [-0.39, 0.29) is 29.3 Å². The highest BCUT2D eigenvalue weighted by atomic mass is 35.5. The van der Waals surface area contributed by atoms with Gasteiger partial charge in [0.05, 0.1) is 19.2 Å². The first kappa shape index (κ1) is 23.7. The van der Waals surface area contributed by atoms with Crippen molar-refractivity contribution < 1.29 is 19.1 Å². The van der Waals surface area contributed by atoms with Gasteiger partial charge in [-0.15, -0.1) is 0 Å². The van der Waals surface area contributed by atoms with E-state index in [1.165, 1.54) is 16.6 Å². The molecule has 8 nitrogen and oxygen atoms in total. The van der Waals surface area contributed by atoms with Gasteiger partial charge in [-0.2, -0.15) is 0 Å². The Hall–Kier alpha value is -4.04. The second kappa shape index (κ2) is 8.57. The Labute approximate surface area is 212 Å². The number of ether oxygens (including phenoxy) is 2. The number of methoxy groups -OCH3 is 1. The van der Waals surface area contributed by atoms with Crippen LogP contribution in [-0.4, -0.2) is 23.6 Å². The zero-order chi connectivity index (χ0) is 25.8. The lowest BCUT2D eigenvalue weighted by molar-refractivity contribution is -0.138. The molecule has 36 heavy (non-hydrogen) atoms. The molecule has 1 aromatic heterocycles. The summed E-state index contributed by atoms with van der Waals surface area (Å²) in [6, 6.07) is 15.9. The second-order valence-electron chi connectivity index (χ2n) is 8.66. The Morgan fingerprint density at radius 1 is 1.14 bits per heavy atom. The van der Waals surface area contributed by atoms with Crippen LogP contribution in [0.2, 0.25) is 5.02 Å². The number of benzene rings is 2. The molecular weight excluding hydrogens is 482 g/mol. The standard InChI is InChI=1S/C27H24ClN3O5/c1-4-30-15(2)13-20-21(24(30)32)27(22(23(29)36-20)25(33)35-3)17-10-6-8-12-19(17)31(26(27)34)14-16-9-5-7-11-18(16)28/h5-13H,4,14,29H2,1-3H3. The molecule has 2 aromatic carbocycles. The number of anilines is 1. The number of halogens is 1. The quantitative estimate of drug-likeness (QED) is 0.545. The van der Waals surface area contributed by atoms with Gasteiger partial charge in [0.15, 0.2) is 0 Å². The van der Waals surface area contributed by atoms with Gasteiger partial charge < -0.3 is 24.7 Å². The second-order valence-corrected chi connectivity index (χ2v) is 9.06. The maximum absolute atomic E-state index is 14.6. The molecule has 0 fully saturated rings. The van der Waals surface area contributed by atoms with E-state index in [2.05, 4.69) is 0 Å². The summed E-state index contributed by atoms with van der Waals surface area (Å²) in [5.41, 5.74) is 6.13. The van der Waals surface area contributed by atoms with Crippen LogP contribution in [0.3, 0.4) is 0 Å². The van der Waals surface area contributed by atoms with Crippen molar-refractivity contribution in [1.82, 2.24) is 4.57 Å². The highest BCUT2D eigenvalue weighted by molar-refractivity contribution is 6.31. The highest BCUT2D eigenvalue weighted by Gasteiger charge is 2.62. The maximum Gasteiger partial charge on any atom is 0.340 e. The lowest BCUT2D eigenvalue weighted by Crippen LogP contribution is -2.52. The number of amides is 1. The predicted molar refractivity (Wildman–Crippen MR) is 135 cm³/mol. The van der Waals surface area contributed by atoms with Crippen molar-refractivity contribution in [2.24, 2.45) is 5.73 Å². The van der Waals surface area contributed by atoms with E-state index in [9.17, 15) is 14.4 Å². The number of nitrogens with zero attached hydrogens (tertiary/aromatic N) is 2. The first-order valence-electron chi connectivity index (χ1n) is 11.4. The van der Waals surface area contributed by atoms with Crippen LogP contribution in [0.15, 0.2) is 70.8 Å². The SMILES string of the molecule is CCn1c(C)cc2c(c1=O)C1(C(=O)N(Cc3ccccc3Cl)c3ccccc31)C(C(=O)OC)=C(N)O2. The first-order valence-corrected chi connectivity index (χ1v) is 11.8. The number of aromatic nitrogens is 1. The largest absolute Gasteiger partial charge is 0.465 e. The van der Waals surface area contributed by atoms with Crippen molar-refractivity contribution in [2.75, 3.05) is 12.0 Å². The van der Waals surface area contributed by atoms with Gasteiger partial charge in [0.1, 0.15) is 16.7 Å². The van der Waals surface area contributed by atoms with Crippen LogP contribution < -0.4 is 20.9 Å². The maximum atomic E-state index is 14.6. The average molecular weight is 506 g/mol. The molecule has 2 aliphatic rings. The van der Waals surface area contributed by atoms with Crippen LogP contribution in [0.1, 0.15) is 29.3 Å². The lowest BCUT2D eigenvalue weighted by atomic mass is 9.68. The van der Waals surface area contributed by atoms with Crippen LogP contribution in [0, 0.1) is 6.92 Å². The molecular formula is C27H24ClN3O5. The number of hydrogen-bond donors (Lipinski definition) is 1. The van der Waals surface area contributed by atoms with Crippen molar-refractivity contribution in [1.29, 1.82) is 0 Å². The van der Waals surface area contributed by atoms with E-state index >= 15 is 0 Å². The van der Waals surface area contributed by atoms with E-state index in [1.54, 1.807) is 49.4 Å². The minimum Gasteiger partial charge on any atom is -0.465 e. The van der Waals surface area contributed by atoms with E-state index in [0.29, 0.717) is 34.1 Å². The Balaban J connectivity index is 1.88. The molecule has 3 heterocycles. The van der Waals surface area contributed by atoms with Gasteiger partial charge in [-0.05, 0) is 31.5 Å². The third-order valence-corrected chi connectivity index (χ3v) is 7.21. The molecule has 0 saturated carbocycles. The summed E-state index contributed by atoms with van der Waals surface area (Å²) >= 11 is 6.43. The molecule has 5 rings (SSSR count). The third kappa shape index (κ3) is 3.10. The fraction of sp³-hybridized carbons (Fsp3) is 0.222. The smallest absolute Gasteiger partial charge is 0.340 e. The number of nitrogens with two attached hydrogens (primary N) is 1. The van der Waals surface area contributed by atoms with Gasteiger partial charge in [-0.3, -0.25) is 9.59 Å². The summed E-state index contributed by atoms with van der Waals surface area (Å²) in [4.78, 5) is 43.3. The number of hydrogen-bond acceptors (Lipinski definition) is 6. The Kier molecular flexibility index (Phi) is 5.64. The van der Waals surface area contributed by atoms with Crippen molar-refractivity contribution >= 4 is 29.2 Å². The molecule has 0 radical (unpaired) electrons. The van der Waals surface area contributed by atoms with Crippen LogP contribution in [0.4, 0.5) is 5.69 Å². The van der Waals surface area contributed by atoms with Crippen LogP contribution >= 0.6 is 11.6 Å². The van der Waals surface area contributed by atoms with Crippen LogP contribution in [0.5, 0.6) is 5.75 Å². The zero-order valence-corrected chi connectivity index (χ0v) is 20.8. The van der Waals surface area contributed by atoms with E-state index in [4.69, 9.17) is 26.8 Å². The minimum atomic E-state index is -1.86. The minimum absolute atomic E-state index is 0.0312. The number of para-hydroxylation sites is 1. The molecule has 1 amide bonds. The summed E-state index contributed by atoms with van der Waals surface area (Å²) in [7, 11) is 1.19. The normalized spacial score (nSPS) is 18.2. The van der Waals surface area contributed by atoms with Crippen molar-refractivity contribution in [3.05, 3.63) is 104 Å². The Morgan fingerprint density at radius 3 is 2.53 bits per heavy atom. The summed E-state index contributed by atoms with van der Waals surface area (Å²) in [6.07, 6.45) is 0. The molecule has 9 heteroatoms. The number of fused-ring (bicyclic) bond motifs is 4. The molecule has 1 spiro atoms. The van der Waals surface area contributed by atoms with Gasteiger partial charge in [0.25, 0.3) is 5.56 Å². The summed E-state index contributed by atoms with van der Waals surface area (Å²) in [5.74, 6) is -1.52. The van der Waals surface area contributed by atoms with Gasteiger partial charge in [-0.25, -0.2) is 4.79 Å². The first-order chi connectivity index (χ1) is 17.3. The number of esters is 1. The van der Waals surface area contributed by atoms with Gasteiger partial charge in [-0.1, -0.05) is 48.0 Å². The monoisotopic (exact) mass is 505 g/mol. The number of carbonyl (C=O) groups excluding carboxylic acids is 2. The molecule has 1 unspecified atom stereocenters. The van der Waals surface area contributed by atoms with Gasteiger partial charge in [0.2, 0.25) is 11.8 Å². The Morgan fingerprint density at radius 2 is 1.83 bits per heavy atom. The third-order valence-electron chi connectivity index (χ3n) is 6.84. The molecule has 0 saturated heterocycles. The fourth-order valence-corrected chi connectivity index (χ4v) is 5.48.